The molecule has 20 heavy (non-hydrogen) atoms. The summed E-state index contributed by atoms with van der Waals surface area (Å²) in [5.74, 6) is 0. The predicted octanol–water partition coefficient (Wildman–Crippen LogP) is 3.79. The molecule has 0 radical (unpaired) electrons. The van der Waals surface area contributed by atoms with E-state index in [1.165, 1.54) is 18.2 Å². The number of halogens is 1. The van der Waals surface area contributed by atoms with Gasteiger partial charge >= 0.3 is 0 Å². The van der Waals surface area contributed by atoms with Crippen molar-refractivity contribution >= 4 is 31.8 Å². The van der Waals surface area contributed by atoms with Crippen LogP contribution in [0.3, 0.4) is 0 Å². The highest BCUT2D eigenvalue weighted by atomic mass is 79.9. The van der Waals surface area contributed by atoms with E-state index in [2.05, 4.69) is 15.9 Å². The zero-order valence-electron chi connectivity index (χ0n) is 10.3. The fourth-order valence-electron chi connectivity index (χ4n) is 1.61. The first kappa shape index (κ1) is 14.5. The lowest BCUT2D eigenvalue weighted by Gasteiger charge is -2.03. The molecule has 0 saturated carbocycles. The van der Waals surface area contributed by atoms with Crippen LogP contribution in [0, 0.1) is 11.3 Å². The van der Waals surface area contributed by atoms with E-state index in [0.29, 0.717) is 5.56 Å². The van der Waals surface area contributed by atoms with Crippen LogP contribution in [0.25, 0.3) is 6.08 Å². The highest BCUT2D eigenvalue weighted by Crippen LogP contribution is 2.22. The monoisotopic (exact) mass is 347 g/mol. The molecule has 2 aromatic rings. The fraction of sp³-hybridized carbons (Fsp3) is 0. The maximum Gasteiger partial charge on any atom is 0.216 e. The summed E-state index contributed by atoms with van der Waals surface area (Å²) >= 11 is 3.25. The third-order valence-corrected chi connectivity index (χ3v) is 4.83. The van der Waals surface area contributed by atoms with E-state index < -0.39 is 9.84 Å². The maximum absolute atomic E-state index is 12.4. The largest absolute Gasteiger partial charge is 0.218 e. The molecule has 5 heteroatoms. The number of nitriles is 1. The van der Waals surface area contributed by atoms with Crippen molar-refractivity contribution in [3.63, 3.8) is 0 Å². The van der Waals surface area contributed by atoms with Crippen molar-refractivity contribution < 1.29 is 8.42 Å². The van der Waals surface area contributed by atoms with E-state index in [9.17, 15) is 8.42 Å². The van der Waals surface area contributed by atoms with Gasteiger partial charge in [0.1, 0.15) is 11.0 Å². The molecule has 0 aliphatic heterocycles. The molecule has 0 fully saturated rings. The first-order chi connectivity index (χ1) is 9.54. The minimum absolute atomic E-state index is 0.101. The van der Waals surface area contributed by atoms with Crippen molar-refractivity contribution in [3.8, 4) is 6.07 Å². The van der Waals surface area contributed by atoms with Gasteiger partial charge in [-0.15, -0.1) is 0 Å². The van der Waals surface area contributed by atoms with Crippen molar-refractivity contribution in [1.82, 2.24) is 0 Å². The first-order valence-electron chi connectivity index (χ1n) is 5.71. The third kappa shape index (κ3) is 3.16. The average molecular weight is 348 g/mol. The summed E-state index contributed by atoms with van der Waals surface area (Å²) in [7, 11) is -3.79. The second kappa shape index (κ2) is 6.04. The van der Waals surface area contributed by atoms with Gasteiger partial charge in [-0.1, -0.05) is 46.3 Å². The lowest BCUT2D eigenvalue weighted by molar-refractivity contribution is 0.603. The van der Waals surface area contributed by atoms with Crippen LogP contribution >= 0.6 is 15.9 Å². The molecule has 0 saturated heterocycles. The molecule has 0 heterocycles. The van der Waals surface area contributed by atoms with Gasteiger partial charge in [0.25, 0.3) is 0 Å². The van der Waals surface area contributed by atoms with Gasteiger partial charge in [0.2, 0.25) is 9.84 Å². The molecule has 0 bridgehead atoms. The zero-order chi connectivity index (χ0) is 14.6. The van der Waals surface area contributed by atoms with Crippen LogP contribution in [0.15, 0.2) is 68.9 Å². The second-order valence-electron chi connectivity index (χ2n) is 3.99. The third-order valence-electron chi connectivity index (χ3n) is 2.62. The Morgan fingerprint density at radius 2 is 1.65 bits per heavy atom. The smallest absolute Gasteiger partial charge is 0.216 e. The minimum atomic E-state index is -3.79. The molecule has 100 valence electrons. The van der Waals surface area contributed by atoms with Crippen LogP contribution in [0.1, 0.15) is 5.56 Å². The molecule has 2 aromatic carbocycles. The second-order valence-corrected chi connectivity index (χ2v) is 6.82. The Kier molecular flexibility index (Phi) is 4.38. The molecule has 3 nitrogen and oxygen atoms in total. The van der Waals surface area contributed by atoms with Crippen LogP contribution in [0.5, 0.6) is 0 Å². The highest BCUT2D eigenvalue weighted by Gasteiger charge is 2.20. The van der Waals surface area contributed by atoms with Gasteiger partial charge in [-0.2, -0.15) is 5.26 Å². The summed E-state index contributed by atoms with van der Waals surface area (Å²) in [6.07, 6.45) is 1.37. The Balaban J connectivity index is 2.49. The quantitative estimate of drug-likeness (QED) is 0.793. The van der Waals surface area contributed by atoms with Gasteiger partial charge < -0.3 is 0 Å². The van der Waals surface area contributed by atoms with Crippen LogP contribution in [-0.4, -0.2) is 8.42 Å². The van der Waals surface area contributed by atoms with Gasteiger partial charge in [-0.25, -0.2) is 8.42 Å². The van der Waals surface area contributed by atoms with Crippen molar-refractivity contribution in [2.24, 2.45) is 0 Å². The molecular weight excluding hydrogens is 338 g/mol. The van der Waals surface area contributed by atoms with E-state index in [0.717, 1.165) is 4.47 Å². The van der Waals surface area contributed by atoms with Gasteiger partial charge in [-0.3, -0.25) is 0 Å². The highest BCUT2D eigenvalue weighted by molar-refractivity contribution is 9.10. The van der Waals surface area contributed by atoms with Crippen LogP contribution < -0.4 is 0 Å². The topological polar surface area (TPSA) is 57.9 Å². The van der Waals surface area contributed by atoms with Crippen LogP contribution in [0.2, 0.25) is 0 Å². The first-order valence-corrected chi connectivity index (χ1v) is 7.99. The number of benzene rings is 2. The normalized spacial score (nSPS) is 11.9. The molecule has 0 amide bonds. The lowest BCUT2D eigenvalue weighted by atomic mass is 10.2. The van der Waals surface area contributed by atoms with E-state index in [-0.39, 0.29) is 9.80 Å². The number of hydrogen-bond donors (Lipinski definition) is 0. The van der Waals surface area contributed by atoms with E-state index >= 15 is 0 Å². The van der Waals surface area contributed by atoms with E-state index in [1.807, 2.05) is 6.07 Å². The summed E-state index contributed by atoms with van der Waals surface area (Å²) in [6, 6.07) is 16.8. The summed E-state index contributed by atoms with van der Waals surface area (Å²) in [5.41, 5.74) is 0.671. The number of hydrogen-bond acceptors (Lipinski definition) is 3. The van der Waals surface area contributed by atoms with Crippen LogP contribution in [0.4, 0.5) is 0 Å². The molecule has 0 N–H and O–H groups in total. The van der Waals surface area contributed by atoms with Crippen molar-refractivity contribution in [3.05, 3.63) is 69.5 Å². The molecule has 0 aliphatic rings. The molecule has 0 atom stereocenters. The molecular formula is C15H10BrNO2S. The number of sulfone groups is 1. The van der Waals surface area contributed by atoms with E-state index in [1.54, 1.807) is 42.5 Å². The zero-order valence-corrected chi connectivity index (χ0v) is 12.7. The summed E-state index contributed by atoms with van der Waals surface area (Å²) < 4.78 is 25.5. The van der Waals surface area contributed by atoms with Crippen LogP contribution in [-0.2, 0) is 9.84 Å². The number of allylic oxidation sites excluding steroid dienone is 1. The fourth-order valence-corrected chi connectivity index (χ4v) is 3.04. The Morgan fingerprint density at radius 1 is 1.05 bits per heavy atom. The predicted molar refractivity (Wildman–Crippen MR) is 81.4 cm³/mol. The summed E-state index contributed by atoms with van der Waals surface area (Å²) in [4.78, 5) is -0.171. The molecule has 0 spiro atoms. The van der Waals surface area contributed by atoms with Crippen molar-refractivity contribution in [1.29, 1.82) is 5.26 Å². The Morgan fingerprint density at radius 3 is 2.20 bits per heavy atom. The number of nitrogens with zero attached hydrogens (tertiary/aromatic N) is 1. The van der Waals surface area contributed by atoms with Gasteiger partial charge in [0.05, 0.1) is 4.90 Å². The SMILES string of the molecule is N#CC(=Cc1ccccc1)S(=O)(=O)c1ccc(Br)cc1. The molecule has 0 aromatic heterocycles. The Labute approximate surface area is 126 Å². The minimum Gasteiger partial charge on any atom is -0.218 e. The number of rotatable bonds is 3. The molecule has 0 aliphatic carbocycles. The van der Waals surface area contributed by atoms with Gasteiger partial charge in [0.15, 0.2) is 0 Å². The van der Waals surface area contributed by atoms with Crippen molar-refractivity contribution in [2.75, 3.05) is 0 Å². The molecule has 0 unspecified atom stereocenters. The lowest BCUT2D eigenvalue weighted by Crippen LogP contribution is -2.03. The van der Waals surface area contributed by atoms with Gasteiger partial charge in [0, 0.05) is 4.47 Å². The van der Waals surface area contributed by atoms with Gasteiger partial charge in [-0.05, 0) is 35.9 Å². The van der Waals surface area contributed by atoms with Crippen molar-refractivity contribution in [2.45, 2.75) is 4.90 Å². The summed E-state index contributed by atoms with van der Waals surface area (Å²) in [6.45, 7) is 0. The standard InChI is InChI=1S/C15H10BrNO2S/c16-13-6-8-14(9-7-13)20(18,19)15(11-17)10-12-4-2-1-3-5-12/h1-10H. The maximum atomic E-state index is 12.4. The Bertz CT molecular complexity index is 773. The average Bonchev–Trinajstić information content (AvgIpc) is 2.46. The Hall–Kier alpha value is -1.90. The van der Waals surface area contributed by atoms with E-state index in [4.69, 9.17) is 5.26 Å². The summed E-state index contributed by atoms with van der Waals surface area (Å²) in [5, 5.41) is 9.13. The molecule has 2 rings (SSSR count).